The minimum atomic E-state index is -0.551. The molecule has 0 atom stereocenters. The van der Waals surface area contributed by atoms with Crippen molar-refractivity contribution < 1.29 is 9.53 Å². The number of allylic oxidation sites excluding steroid dienone is 1. The van der Waals surface area contributed by atoms with E-state index in [2.05, 4.69) is 6.92 Å². The Kier molecular flexibility index (Phi) is 6.17. The standard InChI is InChI=1S/C18H23NO2/c1-5-6-11-21-16-9-7-14(8-10-16)12-15(13-19)17(20)18(2,3)4/h7-10,12H,5-6,11H2,1-4H3. The lowest BCUT2D eigenvalue weighted by Gasteiger charge is -2.15. The van der Waals surface area contributed by atoms with E-state index in [1.54, 1.807) is 6.08 Å². The lowest BCUT2D eigenvalue weighted by Crippen LogP contribution is -2.21. The summed E-state index contributed by atoms with van der Waals surface area (Å²) in [5.74, 6) is 0.662. The molecule has 1 aromatic rings. The zero-order valence-electron chi connectivity index (χ0n) is 13.3. The fourth-order valence-electron chi connectivity index (χ4n) is 1.71. The van der Waals surface area contributed by atoms with E-state index < -0.39 is 5.41 Å². The SMILES string of the molecule is CCCCOc1ccc(C=C(C#N)C(=O)C(C)(C)C)cc1. The number of carbonyl (C=O) groups is 1. The lowest BCUT2D eigenvalue weighted by molar-refractivity contribution is -0.121. The summed E-state index contributed by atoms with van der Waals surface area (Å²) in [6.45, 7) is 8.26. The number of Topliss-reactive ketones (excluding diaryl/α,β-unsaturated/α-hetero) is 1. The number of rotatable bonds is 6. The first-order chi connectivity index (χ1) is 9.88. The number of carbonyl (C=O) groups excluding carboxylic acids is 1. The van der Waals surface area contributed by atoms with Gasteiger partial charge in [0.15, 0.2) is 5.78 Å². The molecule has 3 heteroatoms. The van der Waals surface area contributed by atoms with Gasteiger partial charge in [0.2, 0.25) is 0 Å². The molecule has 0 amide bonds. The van der Waals surface area contributed by atoms with Crippen LogP contribution in [0.2, 0.25) is 0 Å². The third kappa shape index (κ3) is 5.43. The van der Waals surface area contributed by atoms with Gasteiger partial charge in [0.05, 0.1) is 12.2 Å². The topological polar surface area (TPSA) is 50.1 Å². The van der Waals surface area contributed by atoms with E-state index in [-0.39, 0.29) is 11.4 Å². The van der Waals surface area contributed by atoms with Gasteiger partial charge in [-0.15, -0.1) is 0 Å². The Bertz CT molecular complexity index is 542. The molecule has 1 rings (SSSR count). The van der Waals surface area contributed by atoms with Crippen molar-refractivity contribution in [3.05, 3.63) is 35.4 Å². The molecule has 0 bridgehead atoms. The minimum absolute atomic E-state index is 0.145. The number of nitriles is 1. The molecule has 0 fully saturated rings. The minimum Gasteiger partial charge on any atom is -0.494 e. The highest BCUT2D eigenvalue weighted by Crippen LogP contribution is 2.22. The molecule has 0 saturated heterocycles. The molecule has 21 heavy (non-hydrogen) atoms. The van der Waals surface area contributed by atoms with Gasteiger partial charge in [-0.3, -0.25) is 4.79 Å². The van der Waals surface area contributed by atoms with E-state index in [1.165, 1.54) is 0 Å². The zero-order chi connectivity index (χ0) is 15.9. The number of hydrogen-bond donors (Lipinski definition) is 0. The van der Waals surface area contributed by atoms with Crippen molar-refractivity contribution in [2.45, 2.75) is 40.5 Å². The van der Waals surface area contributed by atoms with Crippen molar-refractivity contribution in [3.63, 3.8) is 0 Å². The van der Waals surface area contributed by atoms with Crippen LogP contribution in [-0.4, -0.2) is 12.4 Å². The van der Waals surface area contributed by atoms with E-state index in [1.807, 2.05) is 51.1 Å². The van der Waals surface area contributed by atoms with Crippen molar-refractivity contribution in [2.24, 2.45) is 5.41 Å². The van der Waals surface area contributed by atoms with Gasteiger partial charge in [0, 0.05) is 5.41 Å². The van der Waals surface area contributed by atoms with Crippen molar-refractivity contribution in [1.82, 2.24) is 0 Å². The van der Waals surface area contributed by atoms with Crippen LogP contribution in [0.3, 0.4) is 0 Å². The number of benzene rings is 1. The summed E-state index contributed by atoms with van der Waals surface area (Å²) in [6.07, 6.45) is 3.75. The zero-order valence-corrected chi connectivity index (χ0v) is 13.3. The molecule has 0 aliphatic carbocycles. The molecule has 0 spiro atoms. The van der Waals surface area contributed by atoms with Gasteiger partial charge in [-0.05, 0) is 30.2 Å². The number of hydrogen-bond acceptors (Lipinski definition) is 3. The molecule has 3 nitrogen and oxygen atoms in total. The summed E-state index contributed by atoms with van der Waals surface area (Å²) in [4.78, 5) is 12.1. The summed E-state index contributed by atoms with van der Waals surface area (Å²) in [6, 6.07) is 9.42. The van der Waals surface area contributed by atoms with Crippen LogP contribution in [-0.2, 0) is 4.79 Å². The van der Waals surface area contributed by atoms with Crippen LogP contribution >= 0.6 is 0 Å². The van der Waals surface area contributed by atoms with Gasteiger partial charge in [-0.2, -0.15) is 5.26 Å². The molecule has 0 unspecified atom stereocenters. The molecular weight excluding hydrogens is 262 g/mol. The molecular formula is C18H23NO2. The molecule has 0 radical (unpaired) electrons. The molecule has 1 aromatic carbocycles. The number of nitrogens with zero attached hydrogens (tertiary/aromatic N) is 1. The van der Waals surface area contributed by atoms with E-state index in [0.717, 1.165) is 24.2 Å². The molecule has 0 heterocycles. The summed E-state index contributed by atoms with van der Waals surface area (Å²) >= 11 is 0. The number of unbranched alkanes of at least 4 members (excludes halogenated alkanes) is 1. The molecule has 112 valence electrons. The van der Waals surface area contributed by atoms with Gasteiger partial charge in [0.25, 0.3) is 0 Å². The van der Waals surface area contributed by atoms with E-state index >= 15 is 0 Å². The predicted molar refractivity (Wildman–Crippen MR) is 84.9 cm³/mol. The summed E-state index contributed by atoms with van der Waals surface area (Å²) in [5, 5.41) is 9.16. The van der Waals surface area contributed by atoms with Crippen LogP contribution in [0.5, 0.6) is 5.75 Å². The summed E-state index contributed by atoms with van der Waals surface area (Å²) in [5.41, 5.74) is 0.458. The van der Waals surface area contributed by atoms with Crippen LogP contribution in [0.1, 0.15) is 46.1 Å². The lowest BCUT2D eigenvalue weighted by atomic mass is 9.86. The summed E-state index contributed by atoms with van der Waals surface area (Å²) in [7, 11) is 0. The van der Waals surface area contributed by atoms with Crippen molar-refractivity contribution in [3.8, 4) is 11.8 Å². The van der Waals surface area contributed by atoms with E-state index in [0.29, 0.717) is 6.61 Å². The maximum atomic E-state index is 12.1. The monoisotopic (exact) mass is 285 g/mol. The average molecular weight is 285 g/mol. The van der Waals surface area contributed by atoms with Crippen molar-refractivity contribution in [1.29, 1.82) is 5.26 Å². The van der Waals surface area contributed by atoms with Gasteiger partial charge in [0.1, 0.15) is 11.8 Å². The van der Waals surface area contributed by atoms with Gasteiger partial charge >= 0.3 is 0 Å². The maximum Gasteiger partial charge on any atom is 0.178 e. The van der Waals surface area contributed by atoms with Crippen LogP contribution in [0.15, 0.2) is 29.8 Å². The van der Waals surface area contributed by atoms with Crippen molar-refractivity contribution in [2.75, 3.05) is 6.61 Å². The first kappa shape index (κ1) is 17.0. The molecule has 0 aliphatic rings. The van der Waals surface area contributed by atoms with Crippen LogP contribution < -0.4 is 4.74 Å². The fourth-order valence-corrected chi connectivity index (χ4v) is 1.71. The van der Waals surface area contributed by atoms with Crippen LogP contribution in [0, 0.1) is 16.7 Å². The molecule has 0 aliphatic heterocycles. The van der Waals surface area contributed by atoms with E-state index in [9.17, 15) is 4.79 Å². The second kappa shape index (κ2) is 7.64. The third-order valence-electron chi connectivity index (χ3n) is 3.00. The van der Waals surface area contributed by atoms with E-state index in [4.69, 9.17) is 10.00 Å². The average Bonchev–Trinajstić information content (AvgIpc) is 2.45. The largest absolute Gasteiger partial charge is 0.494 e. The van der Waals surface area contributed by atoms with Crippen LogP contribution in [0.25, 0.3) is 6.08 Å². The Morgan fingerprint density at radius 3 is 2.38 bits per heavy atom. The van der Waals surface area contributed by atoms with Crippen LogP contribution in [0.4, 0.5) is 0 Å². The quantitative estimate of drug-likeness (QED) is 0.442. The van der Waals surface area contributed by atoms with Gasteiger partial charge in [-0.25, -0.2) is 0 Å². The predicted octanol–water partition coefficient (Wildman–Crippen LogP) is 4.39. The maximum absolute atomic E-state index is 12.1. The molecule has 0 N–H and O–H groups in total. The second-order valence-electron chi connectivity index (χ2n) is 6.02. The highest BCUT2D eigenvalue weighted by atomic mass is 16.5. The van der Waals surface area contributed by atoms with Crippen molar-refractivity contribution >= 4 is 11.9 Å². The molecule has 0 saturated carbocycles. The first-order valence-electron chi connectivity index (χ1n) is 7.28. The Labute approximate surface area is 127 Å². The molecule has 0 aromatic heterocycles. The number of ether oxygens (including phenoxy) is 1. The first-order valence-corrected chi connectivity index (χ1v) is 7.28. The summed E-state index contributed by atoms with van der Waals surface area (Å²) < 4.78 is 5.58. The van der Waals surface area contributed by atoms with Gasteiger partial charge < -0.3 is 4.74 Å². The normalized spacial score (nSPS) is 11.9. The Morgan fingerprint density at radius 1 is 1.29 bits per heavy atom. The highest BCUT2D eigenvalue weighted by molar-refractivity contribution is 6.06. The smallest absolute Gasteiger partial charge is 0.178 e. The Hall–Kier alpha value is -2.08. The Balaban J connectivity index is 2.84. The number of ketones is 1. The fraction of sp³-hybridized carbons (Fsp3) is 0.444. The second-order valence-corrected chi connectivity index (χ2v) is 6.02. The highest BCUT2D eigenvalue weighted by Gasteiger charge is 2.24. The third-order valence-corrected chi connectivity index (χ3v) is 3.00. The van der Waals surface area contributed by atoms with Gasteiger partial charge in [-0.1, -0.05) is 46.2 Å². The Morgan fingerprint density at radius 2 is 1.90 bits per heavy atom.